The fourth-order valence-electron chi connectivity index (χ4n) is 4.19. The Bertz CT molecular complexity index is 1180. The summed E-state index contributed by atoms with van der Waals surface area (Å²) in [4.78, 5) is 36.6. The predicted molar refractivity (Wildman–Crippen MR) is 126 cm³/mol. The lowest BCUT2D eigenvalue weighted by Crippen LogP contribution is -2.46. The second kappa shape index (κ2) is 9.20. The van der Waals surface area contributed by atoms with Gasteiger partial charge in [0.2, 0.25) is 0 Å². The van der Waals surface area contributed by atoms with E-state index in [9.17, 15) is 9.59 Å². The Hall–Kier alpha value is -3.07. The molecule has 1 aliphatic rings. The van der Waals surface area contributed by atoms with Gasteiger partial charge in [-0.3, -0.25) is 19.2 Å². The Morgan fingerprint density at radius 3 is 2.41 bits per heavy atom. The van der Waals surface area contributed by atoms with Crippen LogP contribution in [0.4, 0.5) is 5.69 Å². The molecule has 3 heterocycles. The Morgan fingerprint density at radius 2 is 1.78 bits per heavy atom. The average Bonchev–Trinajstić information content (AvgIpc) is 3.15. The number of H-pyrrole nitrogens is 1. The number of benzene rings is 1. The molecule has 0 radical (unpaired) electrons. The highest BCUT2D eigenvalue weighted by Gasteiger charge is 2.22. The molecule has 9 heteroatoms. The second-order valence-electron chi connectivity index (χ2n) is 8.81. The first-order valence-corrected chi connectivity index (χ1v) is 11.2. The molecule has 0 bridgehead atoms. The molecule has 2 aromatic heterocycles. The van der Waals surface area contributed by atoms with E-state index in [1.807, 2.05) is 16.7 Å². The molecule has 0 spiro atoms. The van der Waals surface area contributed by atoms with Crippen LogP contribution in [0.2, 0.25) is 0 Å². The van der Waals surface area contributed by atoms with Crippen molar-refractivity contribution in [1.82, 2.24) is 24.0 Å². The molecule has 3 aromatic rings. The topological polar surface area (TPSA) is 88.4 Å². The molecule has 1 saturated heterocycles. The summed E-state index contributed by atoms with van der Waals surface area (Å²) in [7, 11) is 3.33. The number of nitrogens with zero attached hydrogens (tertiary/aromatic N) is 5. The van der Waals surface area contributed by atoms with Crippen LogP contribution in [0.25, 0.3) is 11.2 Å². The molecule has 0 atom stereocenters. The fourth-order valence-corrected chi connectivity index (χ4v) is 4.19. The summed E-state index contributed by atoms with van der Waals surface area (Å²) in [6.45, 7) is 9.31. The Morgan fingerprint density at radius 1 is 1.09 bits per heavy atom. The maximum Gasteiger partial charge on any atom is 0.329 e. The van der Waals surface area contributed by atoms with Gasteiger partial charge in [0.1, 0.15) is 11.6 Å². The number of aromatic amines is 1. The lowest BCUT2D eigenvalue weighted by molar-refractivity contribution is 0.240. The number of imidazole rings is 1. The number of hydrogen-bond acceptors (Lipinski definition) is 6. The van der Waals surface area contributed by atoms with E-state index >= 15 is 0 Å². The first-order chi connectivity index (χ1) is 15.4. The molecular formula is C23H32N6O3. The largest absolute Gasteiger partial charge is 0.497 e. The third-order valence-electron chi connectivity index (χ3n) is 6.19. The van der Waals surface area contributed by atoms with Crippen molar-refractivity contribution in [3.63, 3.8) is 0 Å². The summed E-state index contributed by atoms with van der Waals surface area (Å²) in [5.41, 5.74) is 1.33. The van der Waals surface area contributed by atoms with Crippen molar-refractivity contribution in [3.05, 3.63) is 50.9 Å². The lowest BCUT2D eigenvalue weighted by Gasteiger charge is -2.36. The van der Waals surface area contributed by atoms with E-state index in [4.69, 9.17) is 9.72 Å². The Kier molecular flexibility index (Phi) is 6.36. The molecular weight excluding hydrogens is 408 g/mol. The van der Waals surface area contributed by atoms with Crippen molar-refractivity contribution in [2.45, 2.75) is 33.4 Å². The van der Waals surface area contributed by atoms with Crippen molar-refractivity contribution in [3.8, 4) is 5.75 Å². The summed E-state index contributed by atoms with van der Waals surface area (Å²) in [5, 5.41) is 0. The van der Waals surface area contributed by atoms with Gasteiger partial charge in [-0.2, -0.15) is 0 Å². The maximum absolute atomic E-state index is 12.6. The van der Waals surface area contributed by atoms with Crippen molar-refractivity contribution < 1.29 is 4.74 Å². The molecule has 32 heavy (non-hydrogen) atoms. The van der Waals surface area contributed by atoms with Crippen molar-refractivity contribution >= 4 is 16.9 Å². The van der Waals surface area contributed by atoms with Gasteiger partial charge >= 0.3 is 5.69 Å². The van der Waals surface area contributed by atoms with Crippen molar-refractivity contribution in [1.29, 1.82) is 0 Å². The van der Waals surface area contributed by atoms with E-state index in [0.29, 0.717) is 30.2 Å². The van der Waals surface area contributed by atoms with E-state index in [2.05, 4.69) is 40.8 Å². The zero-order chi connectivity index (χ0) is 22.8. The highest BCUT2D eigenvalue weighted by Crippen LogP contribution is 2.22. The summed E-state index contributed by atoms with van der Waals surface area (Å²) in [5.74, 6) is 2.20. The van der Waals surface area contributed by atoms with Crippen LogP contribution in [-0.2, 0) is 20.1 Å². The van der Waals surface area contributed by atoms with E-state index in [0.717, 1.165) is 44.2 Å². The molecule has 0 unspecified atom stereocenters. The molecule has 1 N–H and O–H groups in total. The minimum atomic E-state index is -0.435. The third kappa shape index (κ3) is 4.43. The van der Waals surface area contributed by atoms with Gasteiger partial charge in [-0.15, -0.1) is 0 Å². The highest BCUT2D eigenvalue weighted by molar-refractivity contribution is 5.70. The number of piperazine rings is 1. The first-order valence-electron chi connectivity index (χ1n) is 11.2. The summed E-state index contributed by atoms with van der Waals surface area (Å²) >= 11 is 0. The number of rotatable bonds is 7. The normalized spacial score (nSPS) is 15.1. The molecule has 0 saturated carbocycles. The fraction of sp³-hybridized carbons (Fsp3) is 0.522. The Balaban J connectivity index is 1.54. The smallest absolute Gasteiger partial charge is 0.329 e. The van der Waals surface area contributed by atoms with Gasteiger partial charge in [0, 0.05) is 45.5 Å². The van der Waals surface area contributed by atoms with E-state index in [-0.39, 0.29) is 5.56 Å². The molecule has 172 valence electrons. The molecule has 0 amide bonds. The summed E-state index contributed by atoms with van der Waals surface area (Å²) < 4.78 is 8.68. The number of aryl methyl sites for hydroxylation is 2. The second-order valence-corrected chi connectivity index (χ2v) is 8.81. The first kappa shape index (κ1) is 22.1. The molecule has 4 rings (SSSR count). The zero-order valence-electron chi connectivity index (χ0n) is 19.3. The quantitative estimate of drug-likeness (QED) is 0.603. The van der Waals surface area contributed by atoms with E-state index < -0.39 is 5.69 Å². The molecule has 1 aliphatic heterocycles. The minimum Gasteiger partial charge on any atom is -0.497 e. The number of anilines is 1. The van der Waals surface area contributed by atoms with Crippen LogP contribution in [0.1, 0.15) is 26.1 Å². The van der Waals surface area contributed by atoms with Crippen LogP contribution >= 0.6 is 0 Å². The van der Waals surface area contributed by atoms with Gasteiger partial charge in [0.05, 0.1) is 13.7 Å². The van der Waals surface area contributed by atoms with Gasteiger partial charge in [0.25, 0.3) is 5.56 Å². The number of fused-ring (bicyclic) bond motifs is 1. The highest BCUT2D eigenvalue weighted by atomic mass is 16.5. The van der Waals surface area contributed by atoms with Crippen LogP contribution < -0.4 is 20.9 Å². The van der Waals surface area contributed by atoms with Gasteiger partial charge in [-0.25, -0.2) is 9.78 Å². The van der Waals surface area contributed by atoms with Gasteiger partial charge in [-0.1, -0.05) is 13.8 Å². The summed E-state index contributed by atoms with van der Waals surface area (Å²) in [6.07, 6.45) is 0.936. The molecule has 1 aromatic carbocycles. The molecule has 0 aliphatic carbocycles. The SMILES string of the molecule is COc1ccc(N2CCN(Cc3nc4c(c(=O)[nH]c(=O)n4C)n3CCC(C)C)CC2)cc1. The van der Waals surface area contributed by atoms with Crippen LogP contribution in [0, 0.1) is 5.92 Å². The predicted octanol–water partition coefficient (Wildman–Crippen LogP) is 1.80. The van der Waals surface area contributed by atoms with Crippen LogP contribution in [0.3, 0.4) is 0 Å². The number of ether oxygens (including phenoxy) is 1. The average molecular weight is 441 g/mol. The zero-order valence-corrected chi connectivity index (χ0v) is 19.3. The minimum absolute atomic E-state index is 0.366. The van der Waals surface area contributed by atoms with Crippen LogP contribution in [0.15, 0.2) is 33.9 Å². The number of hydrogen-bond donors (Lipinski definition) is 1. The number of nitrogens with one attached hydrogen (secondary N) is 1. The number of methoxy groups -OCH3 is 1. The van der Waals surface area contributed by atoms with E-state index in [1.54, 1.807) is 14.2 Å². The third-order valence-corrected chi connectivity index (χ3v) is 6.19. The van der Waals surface area contributed by atoms with Gasteiger partial charge in [-0.05, 0) is 36.6 Å². The van der Waals surface area contributed by atoms with E-state index in [1.165, 1.54) is 10.3 Å². The Labute approximate surface area is 187 Å². The van der Waals surface area contributed by atoms with Crippen molar-refractivity contribution in [2.24, 2.45) is 13.0 Å². The summed E-state index contributed by atoms with van der Waals surface area (Å²) in [6, 6.07) is 8.15. The maximum atomic E-state index is 12.6. The molecule has 9 nitrogen and oxygen atoms in total. The van der Waals surface area contributed by atoms with Gasteiger partial charge < -0.3 is 14.2 Å². The van der Waals surface area contributed by atoms with Gasteiger partial charge in [0.15, 0.2) is 11.2 Å². The standard InChI is InChI=1S/C23H32N6O3/c1-16(2)9-10-29-19(24-21-20(29)22(30)25-23(31)26(21)3)15-27-11-13-28(14-12-27)17-5-7-18(32-4)8-6-17/h5-8,16H,9-15H2,1-4H3,(H,25,30,31). The van der Waals surface area contributed by atoms with Crippen molar-refractivity contribution in [2.75, 3.05) is 38.2 Å². The molecule has 1 fully saturated rings. The van der Waals surface area contributed by atoms with Crippen LogP contribution in [-0.4, -0.2) is 57.3 Å². The number of aromatic nitrogens is 4. The lowest BCUT2D eigenvalue weighted by atomic mass is 10.1. The van der Waals surface area contributed by atoms with Crippen LogP contribution in [0.5, 0.6) is 5.75 Å². The monoisotopic (exact) mass is 440 g/mol.